The van der Waals surface area contributed by atoms with Gasteiger partial charge in [0.2, 0.25) is 0 Å². The summed E-state index contributed by atoms with van der Waals surface area (Å²) >= 11 is -0.232. The second-order valence-corrected chi connectivity index (χ2v) is 5.52. The fraction of sp³-hybridized carbons (Fsp3) is 0.556. The molecule has 1 atom stereocenters. The first-order valence-corrected chi connectivity index (χ1v) is 6.21. The summed E-state index contributed by atoms with van der Waals surface area (Å²) < 4.78 is 17.4. The van der Waals surface area contributed by atoms with Gasteiger partial charge >= 0.3 is 83.7 Å². The van der Waals surface area contributed by atoms with Crippen LogP contribution in [0.25, 0.3) is 0 Å². The van der Waals surface area contributed by atoms with Crippen LogP contribution in [0.2, 0.25) is 0 Å². The molecule has 1 fully saturated rings. The van der Waals surface area contributed by atoms with Gasteiger partial charge in [0, 0.05) is 0 Å². The summed E-state index contributed by atoms with van der Waals surface area (Å²) in [4.78, 5) is 0. The summed E-state index contributed by atoms with van der Waals surface area (Å²) in [6.07, 6.45) is 1.87. The van der Waals surface area contributed by atoms with Crippen molar-refractivity contribution < 1.29 is 25.9 Å². The van der Waals surface area contributed by atoms with E-state index < -0.39 is 0 Å². The van der Waals surface area contributed by atoms with Crippen LogP contribution in [0.3, 0.4) is 0 Å². The van der Waals surface area contributed by atoms with Gasteiger partial charge in [0.15, 0.2) is 0 Å². The fourth-order valence-electron chi connectivity index (χ4n) is 1.13. The third kappa shape index (κ3) is 2.55. The summed E-state index contributed by atoms with van der Waals surface area (Å²) in [5, 5.41) is 0. The van der Waals surface area contributed by atoms with Crippen molar-refractivity contribution in [2.24, 2.45) is 0 Å². The zero-order valence-electron chi connectivity index (χ0n) is 7.45. The number of rotatable bonds is 0. The summed E-state index contributed by atoms with van der Waals surface area (Å²) in [6.45, 7) is 7.57. The van der Waals surface area contributed by atoms with E-state index in [0.29, 0.717) is 6.04 Å². The molecule has 0 aliphatic carbocycles. The van der Waals surface area contributed by atoms with E-state index in [9.17, 15) is 4.39 Å². The molecule has 3 heteroatoms. The zero-order chi connectivity index (χ0) is 9.14. The second kappa shape index (κ2) is 4.37. The van der Waals surface area contributed by atoms with Gasteiger partial charge in [0.1, 0.15) is 0 Å². The normalized spacial score (nSPS) is 30.6. The molecule has 0 bridgehead atoms. The molecule has 12 heavy (non-hydrogen) atoms. The van der Waals surface area contributed by atoms with Gasteiger partial charge in [0.05, 0.1) is 0 Å². The Kier molecular flexibility index (Phi) is 3.71. The van der Waals surface area contributed by atoms with E-state index in [4.69, 9.17) is 0 Å². The molecule has 1 saturated heterocycles. The first kappa shape index (κ1) is 10.2. The van der Waals surface area contributed by atoms with Crippen LogP contribution in [-0.4, -0.2) is 6.04 Å². The maximum absolute atomic E-state index is 13.0. The summed E-state index contributed by atoms with van der Waals surface area (Å²) in [5.74, 6) is -0.0457. The number of nitrogens with one attached hydrogen (secondary N) is 1. The molecule has 0 amide bonds. The Labute approximate surface area is 83.7 Å². The summed E-state index contributed by atoms with van der Waals surface area (Å²) in [6, 6.07) is 0.520. The maximum atomic E-state index is 13.0. The van der Waals surface area contributed by atoms with Crippen molar-refractivity contribution in [3.8, 4) is 0 Å². The molecule has 1 nitrogen and oxygen atoms in total. The fourth-order valence-corrected chi connectivity index (χ4v) is 3.31. The van der Waals surface area contributed by atoms with Crippen LogP contribution in [0.1, 0.15) is 26.7 Å². The van der Waals surface area contributed by atoms with Gasteiger partial charge in [-0.15, -0.1) is 0 Å². The molecule has 0 spiro atoms. The SMILES string of the molecule is C=C1[I-]N[C@H](C)CC/C1=C(/C)F. The molecule has 1 heterocycles. The van der Waals surface area contributed by atoms with Crippen LogP contribution in [0.5, 0.6) is 0 Å². The Morgan fingerprint density at radius 2 is 2.42 bits per heavy atom. The molecular formula is C9H14FIN-. The minimum atomic E-state index is -0.232. The topological polar surface area (TPSA) is 12.0 Å². The van der Waals surface area contributed by atoms with Crippen molar-refractivity contribution in [1.29, 1.82) is 0 Å². The van der Waals surface area contributed by atoms with Gasteiger partial charge in [-0.3, -0.25) is 0 Å². The predicted molar refractivity (Wildman–Crippen MR) is 44.8 cm³/mol. The number of hydrogen-bond acceptors (Lipinski definition) is 1. The average Bonchev–Trinajstić information content (AvgIpc) is 2.14. The molecule has 1 rings (SSSR count). The molecule has 1 aliphatic heterocycles. The average molecular weight is 282 g/mol. The Balaban J connectivity index is 2.76. The van der Waals surface area contributed by atoms with E-state index in [-0.39, 0.29) is 27.3 Å². The second-order valence-electron chi connectivity index (χ2n) is 3.06. The van der Waals surface area contributed by atoms with E-state index in [1.165, 1.54) is 6.92 Å². The number of halogens is 2. The van der Waals surface area contributed by atoms with Crippen LogP contribution >= 0.6 is 0 Å². The molecule has 0 aromatic heterocycles. The van der Waals surface area contributed by atoms with E-state index in [0.717, 1.165) is 22.0 Å². The van der Waals surface area contributed by atoms with Gasteiger partial charge in [0.25, 0.3) is 0 Å². The predicted octanol–water partition coefficient (Wildman–Crippen LogP) is -0.480. The van der Waals surface area contributed by atoms with Crippen LogP contribution in [0.15, 0.2) is 21.6 Å². The first-order chi connectivity index (χ1) is 5.61. The molecule has 0 unspecified atom stereocenters. The molecule has 0 radical (unpaired) electrons. The Morgan fingerprint density at radius 3 is 3.00 bits per heavy atom. The molecule has 1 aliphatic rings. The van der Waals surface area contributed by atoms with Crippen molar-refractivity contribution in [3.05, 3.63) is 21.6 Å². The van der Waals surface area contributed by atoms with Gasteiger partial charge in [-0.1, -0.05) is 0 Å². The third-order valence-corrected chi connectivity index (χ3v) is 4.60. The quantitative estimate of drug-likeness (QED) is 0.467. The van der Waals surface area contributed by atoms with Gasteiger partial charge in [-0.2, -0.15) is 0 Å². The zero-order valence-corrected chi connectivity index (χ0v) is 9.61. The third-order valence-electron chi connectivity index (χ3n) is 1.93. The Bertz CT molecular complexity index is 219. The Hall–Kier alpha value is 0.100. The van der Waals surface area contributed by atoms with Crippen LogP contribution in [0.4, 0.5) is 4.39 Å². The van der Waals surface area contributed by atoms with E-state index in [1.807, 2.05) is 0 Å². The standard InChI is InChI=1S/C9H14FIN/c1-6-4-5-9(7(2)10)8(3)11-12-6/h6,12H,3-5H2,1-2H3/q-1/b9-7+/t6-/m1/s1. The van der Waals surface area contributed by atoms with Crippen molar-refractivity contribution in [1.82, 2.24) is 3.53 Å². The van der Waals surface area contributed by atoms with Crippen molar-refractivity contribution in [3.63, 3.8) is 0 Å². The first-order valence-electron chi connectivity index (χ1n) is 4.05. The van der Waals surface area contributed by atoms with E-state index >= 15 is 0 Å². The van der Waals surface area contributed by atoms with Crippen molar-refractivity contribution >= 4 is 0 Å². The molecule has 70 valence electrons. The van der Waals surface area contributed by atoms with Gasteiger partial charge in [-0.05, 0) is 0 Å². The van der Waals surface area contributed by atoms with Crippen LogP contribution in [0, 0.1) is 0 Å². The van der Waals surface area contributed by atoms with Gasteiger partial charge < -0.3 is 0 Å². The number of allylic oxidation sites excluding steroid dienone is 3. The van der Waals surface area contributed by atoms with E-state index in [2.05, 4.69) is 17.0 Å². The van der Waals surface area contributed by atoms with Crippen LogP contribution < -0.4 is 25.0 Å². The molecule has 0 aromatic rings. The molecular weight excluding hydrogens is 268 g/mol. The minimum absolute atomic E-state index is 0.0457. The monoisotopic (exact) mass is 282 g/mol. The van der Waals surface area contributed by atoms with E-state index in [1.54, 1.807) is 0 Å². The summed E-state index contributed by atoms with van der Waals surface area (Å²) in [7, 11) is 0. The molecule has 1 N–H and O–H groups in total. The van der Waals surface area contributed by atoms with Crippen molar-refractivity contribution in [2.45, 2.75) is 32.7 Å². The molecule has 0 aromatic carbocycles. The molecule has 0 saturated carbocycles. The summed E-state index contributed by atoms with van der Waals surface area (Å²) in [5.41, 5.74) is 0.861. The van der Waals surface area contributed by atoms with Crippen LogP contribution in [-0.2, 0) is 0 Å². The Morgan fingerprint density at radius 1 is 1.75 bits per heavy atom. The number of hydrogen-bond donors (Lipinski definition) is 1. The van der Waals surface area contributed by atoms with Gasteiger partial charge in [-0.25, -0.2) is 0 Å². The van der Waals surface area contributed by atoms with Crippen molar-refractivity contribution in [2.75, 3.05) is 0 Å².